The predicted molar refractivity (Wildman–Crippen MR) is 133 cm³/mol. The molecular weight excluding hydrogens is 489 g/mol. The molecule has 0 fully saturated rings. The van der Waals surface area contributed by atoms with Crippen molar-refractivity contribution in [2.75, 3.05) is 5.32 Å². The van der Waals surface area contributed by atoms with Gasteiger partial charge in [0.05, 0.1) is 5.56 Å². The molecule has 0 aliphatic rings. The highest BCUT2D eigenvalue weighted by atomic mass is 35.5. The highest BCUT2D eigenvalue weighted by molar-refractivity contribution is 6.30. The van der Waals surface area contributed by atoms with E-state index in [0.717, 1.165) is 28.5 Å². The Morgan fingerprint density at radius 1 is 1.00 bits per heavy atom. The number of fused-ring (bicyclic) bond motifs is 1. The molecule has 0 saturated carbocycles. The Balaban J connectivity index is 1.68. The standard InChI is InChI=1S/C28H18ClF3N2O2/c29-22-8-3-5-18(13-22)17-36-26-12-11-19-6-1-2-10-24(19)25(26)14-20(16-33)27(35)34-23-9-4-7-21(15-23)28(30,31)32/h1-15H,17H2,(H,34,35)/b20-14+. The minimum absolute atomic E-state index is 0.0775. The van der Waals surface area contributed by atoms with Crippen LogP contribution in [0.5, 0.6) is 5.75 Å². The van der Waals surface area contributed by atoms with Gasteiger partial charge in [-0.15, -0.1) is 0 Å². The van der Waals surface area contributed by atoms with Gasteiger partial charge in [0.15, 0.2) is 0 Å². The number of benzene rings is 4. The minimum Gasteiger partial charge on any atom is -0.488 e. The predicted octanol–water partition coefficient (Wildman–Crippen LogP) is 7.64. The zero-order valence-corrected chi connectivity index (χ0v) is 19.4. The number of nitrogens with zero attached hydrogens (tertiary/aromatic N) is 1. The van der Waals surface area contributed by atoms with Crippen LogP contribution in [-0.2, 0) is 17.6 Å². The lowest BCUT2D eigenvalue weighted by Gasteiger charge is -2.13. The summed E-state index contributed by atoms with van der Waals surface area (Å²) in [5, 5.41) is 14.2. The molecule has 180 valence electrons. The van der Waals surface area contributed by atoms with Crippen molar-refractivity contribution < 1.29 is 22.7 Å². The number of hydrogen-bond acceptors (Lipinski definition) is 3. The van der Waals surface area contributed by atoms with Crippen LogP contribution in [0.2, 0.25) is 5.02 Å². The first-order valence-electron chi connectivity index (χ1n) is 10.7. The van der Waals surface area contributed by atoms with Crippen LogP contribution in [0.3, 0.4) is 0 Å². The minimum atomic E-state index is -4.56. The van der Waals surface area contributed by atoms with Crippen molar-refractivity contribution >= 4 is 40.0 Å². The molecule has 0 bridgehead atoms. The summed E-state index contributed by atoms with van der Waals surface area (Å²) in [6.45, 7) is 0.193. The molecule has 0 aliphatic heterocycles. The van der Waals surface area contributed by atoms with Gasteiger partial charge in [-0.05, 0) is 58.8 Å². The van der Waals surface area contributed by atoms with E-state index in [9.17, 15) is 23.2 Å². The number of nitriles is 1. The zero-order valence-electron chi connectivity index (χ0n) is 18.6. The SMILES string of the molecule is N#C/C(=C\c1c(OCc2cccc(Cl)c2)ccc2ccccc12)C(=O)Nc1cccc(C(F)(F)F)c1. The number of carbonyl (C=O) groups excluding carboxylic acids is 1. The van der Waals surface area contributed by atoms with E-state index in [4.69, 9.17) is 16.3 Å². The molecule has 0 unspecified atom stereocenters. The van der Waals surface area contributed by atoms with Crippen LogP contribution in [0.15, 0.2) is 90.5 Å². The number of alkyl halides is 3. The molecule has 4 rings (SSSR count). The van der Waals surface area contributed by atoms with Gasteiger partial charge in [-0.2, -0.15) is 18.4 Å². The molecule has 0 heterocycles. The van der Waals surface area contributed by atoms with Crippen LogP contribution in [0, 0.1) is 11.3 Å². The third-order valence-electron chi connectivity index (χ3n) is 5.32. The molecule has 0 radical (unpaired) electrons. The molecule has 0 saturated heterocycles. The number of nitrogens with one attached hydrogen (secondary N) is 1. The lowest BCUT2D eigenvalue weighted by atomic mass is 10.0. The second kappa shape index (κ2) is 10.5. The van der Waals surface area contributed by atoms with Crippen LogP contribution in [0.4, 0.5) is 18.9 Å². The van der Waals surface area contributed by atoms with Gasteiger partial charge in [-0.1, -0.05) is 60.1 Å². The maximum Gasteiger partial charge on any atom is 0.416 e. The first-order chi connectivity index (χ1) is 17.2. The van der Waals surface area contributed by atoms with Crippen molar-refractivity contribution in [1.82, 2.24) is 0 Å². The first kappa shape index (κ1) is 24.8. The number of carbonyl (C=O) groups is 1. The summed E-state index contributed by atoms with van der Waals surface area (Å²) in [4.78, 5) is 12.8. The van der Waals surface area contributed by atoms with Gasteiger partial charge < -0.3 is 10.1 Å². The van der Waals surface area contributed by atoms with Gasteiger partial charge in [0, 0.05) is 16.3 Å². The quantitative estimate of drug-likeness (QED) is 0.216. The average molecular weight is 507 g/mol. The Hall–Kier alpha value is -4.28. The summed E-state index contributed by atoms with van der Waals surface area (Å²) in [6, 6.07) is 24.2. The number of halogens is 4. The lowest BCUT2D eigenvalue weighted by Crippen LogP contribution is -2.14. The van der Waals surface area contributed by atoms with E-state index in [1.807, 2.05) is 42.5 Å². The van der Waals surface area contributed by atoms with E-state index in [1.54, 1.807) is 24.3 Å². The zero-order chi connectivity index (χ0) is 25.7. The van der Waals surface area contributed by atoms with Gasteiger partial charge in [-0.3, -0.25) is 4.79 Å². The van der Waals surface area contributed by atoms with Crippen LogP contribution in [-0.4, -0.2) is 5.91 Å². The van der Waals surface area contributed by atoms with E-state index in [0.29, 0.717) is 16.3 Å². The first-order valence-corrected chi connectivity index (χ1v) is 11.1. The Bertz CT molecular complexity index is 1510. The molecule has 4 aromatic rings. The van der Waals surface area contributed by atoms with Crippen molar-refractivity contribution in [2.24, 2.45) is 0 Å². The van der Waals surface area contributed by atoms with Gasteiger partial charge in [0.25, 0.3) is 5.91 Å². The Kier molecular flexibility index (Phi) is 7.28. The number of anilines is 1. The monoisotopic (exact) mass is 506 g/mol. The molecule has 0 aliphatic carbocycles. The van der Waals surface area contributed by atoms with E-state index in [2.05, 4.69) is 5.32 Å². The van der Waals surface area contributed by atoms with Gasteiger partial charge in [-0.25, -0.2) is 0 Å². The second-order valence-corrected chi connectivity index (χ2v) is 8.26. The number of rotatable bonds is 6. The Labute approximate surface area is 210 Å². The van der Waals surface area contributed by atoms with E-state index >= 15 is 0 Å². The van der Waals surface area contributed by atoms with Crippen molar-refractivity contribution in [3.63, 3.8) is 0 Å². The van der Waals surface area contributed by atoms with Crippen molar-refractivity contribution in [2.45, 2.75) is 12.8 Å². The van der Waals surface area contributed by atoms with Crippen molar-refractivity contribution in [3.8, 4) is 11.8 Å². The fourth-order valence-electron chi connectivity index (χ4n) is 3.60. The second-order valence-electron chi connectivity index (χ2n) is 7.82. The highest BCUT2D eigenvalue weighted by Gasteiger charge is 2.30. The fourth-order valence-corrected chi connectivity index (χ4v) is 3.82. The Morgan fingerprint density at radius 3 is 2.53 bits per heavy atom. The molecule has 4 nitrogen and oxygen atoms in total. The molecule has 36 heavy (non-hydrogen) atoms. The summed E-state index contributed by atoms with van der Waals surface area (Å²) < 4.78 is 45.1. The molecular formula is C28H18ClF3N2O2. The third-order valence-corrected chi connectivity index (χ3v) is 5.55. The average Bonchev–Trinajstić information content (AvgIpc) is 2.86. The summed E-state index contributed by atoms with van der Waals surface area (Å²) in [5.74, 6) is -0.418. The Morgan fingerprint density at radius 2 is 1.78 bits per heavy atom. The largest absolute Gasteiger partial charge is 0.488 e. The summed E-state index contributed by atoms with van der Waals surface area (Å²) in [6.07, 6.45) is -3.19. The third kappa shape index (κ3) is 5.85. The lowest BCUT2D eigenvalue weighted by molar-refractivity contribution is -0.137. The fraction of sp³-hybridized carbons (Fsp3) is 0.0714. The van der Waals surface area contributed by atoms with Crippen molar-refractivity contribution in [1.29, 1.82) is 5.26 Å². The number of amides is 1. The smallest absolute Gasteiger partial charge is 0.416 e. The summed E-state index contributed by atoms with van der Waals surface area (Å²) >= 11 is 6.05. The topological polar surface area (TPSA) is 62.1 Å². The maximum atomic E-state index is 13.0. The van der Waals surface area contributed by atoms with Gasteiger partial charge in [0.1, 0.15) is 24.0 Å². The molecule has 8 heteroatoms. The van der Waals surface area contributed by atoms with Crippen molar-refractivity contribution in [3.05, 3.63) is 112 Å². The van der Waals surface area contributed by atoms with E-state index in [-0.39, 0.29) is 17.9 Å². The van der Waals surface area contributed by atoms with E-state index < -0.39 is 17.6 Å². The van der Waals surface area contributed by atoms with Crippen LogP contribution >= 0.6 is 11.6 Å². The summed E-state index contributed by atoms with van der Waals surface area (Å²) in [7, 11) is 0. The molecule has 0 spiro atoms. The van der Waals surface area contributed by atoms with Crippen LogP contribution < -0.4 is 10.1 Å². The molecule has 1 N–H and O–H groups in total. The number of hydrogen-bond donors (Lipinski definition) is 1. The van der Waals surface area contributed by atoms with Gasteiger partial charge in [0.2, 0.25) is 0 Å². The normalized spacial score (nSPS) is 11.7. The summed E-state index contributed by atoms with van der Waals surface area (Å²) in [5.41, 5.74) is 0.0375. The maximum absolute atomic E-state index is 13.0. The van der Waals surface area contributed by atoms with Crippen LogP contribution in [0.25, 0.3) is 16.8 Å². The highest BCUT2D eigenvalue weighted by Crippen LogP contribution is 2.32. The van der Waals surface area contributed by atoms with Gasteiger partial charge >= 0.3 is 6.18 Å². The molecule has 0 atom stereocenters. The molecule has 4 aromatic carbocycles. The van der Waals surface area contributed by atoms with Crippen LogP contribution in [0.1, 0.15) is 16.7 Å². The number of ether oxygens (including phenoxy) is 1. The molecule has 0 aromatic heterocycles. The molecule has 1 amide bonds. The van der Waals surface area contributed by atoms with E-state index in [1.165, 1.54) is 18.2 Å².